The first-order valence-electron chi connectivity index (χ1n) is 9.75. The zero-order valence-corrected chi connectivity index (χ0v) is 16.6. The number of anilines is 1. The van der Waals surface area contributed by atoms with Crippen molar-refractivity contribution in [3.05, 3.63) is 18.2 Å². The van der Waals surface area contributed by atoms with Crippen LogP contribution < -0.4 is 10.1 Å². The fourth-order valence-corrected chi connectivity index (χ4v) is 4.97. The largest absolute Gasteiger partial charge is 0.494 e. The third kappa shape index (κ3) is 3.61. The van der Waals surface area contributed by atoms with Crippen LogP contribution in [0.25, 0.3) is 10.2 Å². The quantitative estimate of drug-likeness (QED) is 0.751. The summed E-state index contributed by atoms with van der Waals surface area (Å²) < 4.78 is 6.41. The van der Waals surface area contributed by atoms with E-state index in [1.54, 1.807) is 0 Å². The fourth-order valence-electron chi connectivity index (χ4n) is 4.06. The van der Waals surface area contributed by atoms with Crippen molar-refractivity contribution in [2.24, 2.45) is 11.8 Å². The predicted molar refractivity (Wildman–Crippen MR) is 106 cm³/mol. The fraction of sp³-hybridized carbons (Fsp3) is 0.500. The minimum absolute atomic E-state index is 0.0804. The van der Waals surface area contributed by atoms with Crippen molar-refractivity contribution in [1.29, 1.82) is 0 Å². The molecule has 1 N–H and O–H groups in total. The molecule has 1 saturated carbocycles. The molecule has 4 rings (SSSR count). The molecular weight excluding hydrogens is 378 g/mol. The average molecular weight is 401 g/mol. The molecule has 1 aliphatic heterocycles. The molecular formula is C20H23N3O4S. The number of imide groups is 1. The van der Waals surface area contributed by atoms with Gasteiger partial charge in [-0.05, 0) is 38.0 Å². The minimum Gasteiger partial charge on any atom is -0.494 e. The maximum atomic E-state index is 12.5. The van der Waals surface area contributed by atoms with Crippen molar-refractivity contribution < 1.29 is 19.1 Å². The van der Waals surface area contributed by atoms with Gasteiger partial charge in [-0.25, -0.2) is 4.98 Å². The second kappa shape index (κ2) is 7.87. The lowest BCUT2D eigenvalue weighted by atomic mass is 9.81. The number of benzene rings is 1. The third-order valence-electron chi connectivity index (χ3n) is 5.41. The van der Waals surface area contributed by atoms with Gasteiger partial charge in [0.15, 0.2) is 5.13 Å². The topological polar surface area (TPSA) is 88.6 Å². The Bertz CT molecular complexity index is 901. The molecule has 0 bridgehead atoms. The molecule has 1 aliphatic carbocycles. The molecule has 3 amide bonds. The van der Waals surface area contributed by atoms with Crippen LogP contribution in [0.1, 0.15) is 39.0 Å². The molecule has 148 valence electrons. The van der Waals surface area contributed by atoms with E-state index in [2.05, 4.69) is 10.3 Å². The number of fused-ring (bicyclic) bond motifs is 2. The Morgan fingerprint density at radius 1 is 1.25 bits per heavy atom. The summed E-state index contributed by atoms with van der Waals surface area (Å²) in [5.74, 6) is -0.0401. The number of rotatable bonds is 6. The third-order valence-corrected chi connectivity index (χ3v) is 6.35. The Morgan fingerprint density at radius 2 is 1.96 bits per heavy atom. The van der Waals surface area contributed by atoms with E-state index < -0.39 is 0 Å². The van der Waals surface area contributed by atoms with Crippen molar-refractivity contribution >= 4 is 44.4 Å². The van der Waals surface area contributed by atoms with Crippen molar-refractivity contribution in [3.63, 3.8) is 0 Å². The van der Waals surface area contributed by atoms with Crippen LogP contribution in [0.5, 0.6) is 5.75 Å². The number of hydrogen-bond donors (Lipinski definition) is 1. The molecule has 2 heterocycles. The van der Waals surface area contributed by atoms with Crippen molar-refractivity contribution in [3.8, 4) is 5.75 Å². The SMILES string of the molecule is CCOc1ccc2nc(NC(=O)CCN3C(=O)C4CCCCC4C3=O)sc2c1. The molecule has 1 aromatic carbocycles. The van der Waals surface area contributed by atoms with Gasteiger partial charge in [-0.1, -0.05) is 24.2 Å². The smallest absolute Gasteiger partial charge is 0.233 e. The van der Waals surface area contributed by atoms with Gasteiger partial charge in [-0.3, -0.25) is 19.3 Å². The highest BCUT2D eigenvalue weighted by molar-refractivity contribution is 7.22. The predicted octanol–water partition coefficient (Wildman–Crippen LogP) is 3.20. The van der Waals surface area contributed by atoms with Gasteiger partial charge in [0.05, 0.1) is 28.7 Å². The standard InChI is InChI=1S/C20H23N3O4S/c1-2-27-12-7-8-15-16(11-12)28-20(21-15)22-17(24)9-10-23-18(25)13-5-3-4-6-14(13)19(23)26/h7-8,11,13-14H,2-6,9-10H2,1H3,(H,21,22,24). The first-order chi connectivity index (χ1) is 13.6. The van der Waals surface area contributed by atoms with Gasteiger partial charge in [0.2, 0.25) is 17.7 Å². The lowest BCUT2D eigenvalue weighted by molar-refractivity contribution is -0.140. The molecule has 1 saturated heterocycles. The molecule has 2 aliphatic rings. The zero-order chi connectivity index (χ0) is 19.7. The first kappa shape index (κ1) is 18.9. The molecule has 2 aromatic rings. The molecule has 28 heavy (non-hydrogen) atoms. The minimum atomic E-state index is -0.250. The summed E-state index contributed by atoms with van der Waals surface area (Å²) in [6.45, 7) is 2.65. The Kier molecular flexibility index (Phi) is 5.30. The van der Waals surface area contributed by atoms with Gasteiger partial charge in [-0.2, -0.15) is 0 Å². The number of carbonyl (C=O) groups is 3. The number of hydrogen-bond acceptors (Lipinski definition) is 6. The Hall–Kier alpha value is -2.48. The molecule has 8 heteroatoms. The highest BCUT2D eigenvalue weighted by Gasteiger charge is 2.47. The van der Waals surface area contributed by atoms with Crippen LogP contribution in [0.3, 0.4) is 0 Å². The van der Waals surface area contributed by atoms with E-state index in [1.165, 1.54) is 16.2 Å². The van der Waals surface area contributed by atoms with Crippen LogP contribution in [0.4, 0.5) is 5.13 Å². The summed E-state index contributed by atoms with van der Waals surface area (Å²) in [7, 11) is 0. The summed E-state index contributed by atoms with van der Waals surface area (Å²) in [5, 5.41) is 3.28. The van der Waals surface area contributed by atoms with Gasteiger partial charge in [0.25, 0.3) is 0 Å². The monoisotopic (exact) mass is 401 g/mol. The molecule has 0 radical (unpaired) electrons. The Labute approximate surface area is 167 Å². The lowest BCUT2D eigenvalue weighted by Crippen LogP contribution is -2.34. The number of amides is 3. The summed E-state index contributed by atoms with van der Waals surface area (Å²) in [4.78, 5) is 43.0. The number of nitrogens with zero attached hydrogens (tertiary/aromatic N) is 2. The molecule has 2 atom stereocenters. The highest BCUT2D eigenvalue weighted by atomic mass is 32.1. The molecule has 0 spiro atoms. The van der Waals surface area contributed by atoms with Gasteiger partial charge >= 0.3 is 0 Å². The van der Waals surface area contributed by atoms with Crippen LogP contribution in [-0.4, -0.2) is 40.8 Å². The first-order valence-corrected chi connectivity index (χ1v) is 10.6. The number of aromatic nitrogens is 1. The van der Waals surface area contributed by atoms with E-state index in [0.29, 0.717) is 11.7 Å². The van der Waals surface area contributed by atoms with E-state index in [0.717, 1.165) is 41.6 Å². The average Bonchev–Trinajstić information content (AvgIpc) is 3.19. The van der Waals surface area contributed by atoms with Crippen LogP contribution >= 0.6 is 11.3 Å². The number of thiazole rings is 1. The van der Waals surface area contributed by atoms with Crippen molar-refractivity contribution in [2.75, 3.05) is 18.5 Å². The normalized spacial score (nSPS) is 21.8. The van der Waals surface area contributed by atoms with Crippen molar-refractivity contribution in [2.45, 2.75) is 39.0 Å². The second-order valence-corrected chi connectivity index (χ2v) is 8.24. The van der Waals surface area contributed by atoms with E-state index in [4.69, 9.17) is 4.74 Å². The van der Waals surface area contributed by atoms with Gasteiger partial charge in [0, 0.05) is 13.0 Å². The Morgan fingerprint density at radius 3 is 2.64 bits per heavy atom. The summed E-state index contributed by atoms with van der Waals surface area (Å²) in [6, 6.07) is 5.60. The molecule has 7 nitrogen and oxygen atoms in total. The van der Waals surface area contributed by atoms with Crippen LogP contribution in [-0.2, 0) is 14.4 Å². The molecule has 2 unspecified atom stereocenters. The Balaban J connectivity index is 1.36. The number of likely N-dealkylation sites (tertiary alicyclic amines) is 1. The summed E-state index contributed by atoms with van der Waals surface area (Å²) in [6.07, 6.45) is 3.64. The van der Waals surface area contributed by atoms with Crippen molar-refractivity contribution in [1.82, 2.24) is 9.88 Å². The number of ether oxygens (including phenoxy) is 1. The van der Waals surface area contributed by atoms with E-state index in [9.17, 15) is 14.4 Å². The summed E-state index contributed by atoms with van der Waals surface area (Å²) in [5.41, 5.74) is 0.790. The van der Waals surface area contributed by atoms with Crippen LogP contribution in [0.15, 0.2) is 18.2 Å². The van der Waals surface area contributed by atoms with Gasteiger partial charge in [-0.15, -0.1) is 0 Å². The second-order valence-electron chi connectivity index (χ2n) is 7.21. The molecule has 2 fully saturated rings. The van der Waals surface area contributed by atoms with E-state index in [1.807, 2.05) is 25.1 Å². The number of carbonyl (C=O) groups excluding carboxylic acids is 3. The lowest BCUT2D eigenvalue weighted by Gasteiger charge is -2.19. The van der Waals surface area contributed by atoms with Crippen LogP contribution in [0.2, 0.25) is 0 Å². The number of nitrogens with one attached hydrogen (secondary N) is 1. The zero-order valence-electron chi connectivity index (χ0n) is 15.8. The summed E-state index contributed by atoms with van der Waals surface area (Å²) >= 11 is 1.37. The van der Waals surface area contributed by atoms with E-state index in [-0.39, 0.29) is 42.5 Å². The van der Waals surface area contributed by atoms with Crippen LogP contribution in [0, 0.1) is 11.8 Å². The maximum Gasteiger partial charge on any atom is 0.233 e. The van der Waals surface area contributed by atoms with Gasteiger partial charge < -0.3 is 10.1 Å². The molecule has 1 aromatic heterocycles. The maximum absolute atomic E-state index is 12.5. The van der Waals surface area contributed by atoms with Gasteiger partial charge in [0.1, 0.15) is 5.75 Å². The highest BCUT2D eigenvalue weighted by Crippen LogP contribution is 2.38. The van der Waals surface area contributed by atoms with E-state index >= 15 is 0 Å².